The predicted octanol–water partition coefficient (Wildman–Crippen LogP) is 4.33. The lowest BCUT2D eigenvalue weighted by Gasteiger charge is -2.19. The fourth-order valence-corrected chi connectivity index (χ4v) is 2.01. The van der Waals surface area contributed by atoms with Crippen molar-refractivity contribution in [2.75, 3.05) is 5.32 Å². The van der Waals surface area contributed by atoms with Crippen LogP contribution in [0.3, 0.4) is 0 Å². The highest BCUT2D eigenvalue weighted by atomic mass is 19.3. The van der Waals surface area contributed by atoms with E-state index in [1.807, 2.05) is 13.0 Å². The molecular formula is C16H14F2N2O. The Balaban J connectivity index is 2.16. The predicted molar refractivity (Wildman–Crippen MR) is 76.3 cm³/mol. The summed E-state index contributed by atoms with van der Waals surface area (Å²) in [6.07, 6.45) is 0. The van der Waals surface area contributed by atoms with Crippen LogP contribution < -0.4 is 10.1 Å². The molecule has 0 aliphatic heterocycles. The average molecular weight is 288 g/mol. The Labute approximate surface area is 121 Å². The van der Waals surface area contributed by atoms with Crippen LogP contribution in [0.15, 0.2) is 48.5 Å². The van der Waals surface area contributed by atoms with E-state index in [4.69, 9.17) is 5.26 Å². The van der Waals surface area contributed by atoms with Crippen LogP contribution in [0, 0.1) is 11.3 Å². The summed E-state index contributed by atoms with van der Waals surface area (Å²) in [7, 11) is 0. The van der Waals surface area contributed by atoms with Crippen molar-refractivity contribution in [1.82, 2.24) is 0 Å². The van der Waals surface area contributed by atoms with Gasteiger partial charge in [0.15, 0.2) is 0 Å². The van der Waals surface area contributed by atoms with Crippen molar-refractivity contribution >= 4 is 5.69 Å². The van der Waals surface area contributed by atoms with E-state index in [1.54, 1.807) is 42.5 Å². The minimum absolute atomic E-state index is 0.154. The number of para-hydroxylation sites is 1. The van der Waals surface area contributed by atoms with E-state index in [0.717, 1.165) is 5.69 Å². The summed E-state index contributed by atoms with van der Waals surface area (Å²) in [5, 5.41) is 11.9. The van der Waals surface area contributed by atoms with Crippen LogP contribution in [-0.2, 0) is 0 Å². The van der Waals surface area contributed by atoms with Gasteiger partial charge >= 0.3 is 6.61 Å². The fraction of sp³-hybridized carbons (Fsp3) is 0.188. The first-order valence-corrected chi connectivity index (χ1v) is 6.40. The Morgan fingerprint density at radius 2 is 1.76 bits per heavy atom. The summed E-state index contributed by atoms with van der Waals surface area (Å²) >= 11 is 0. The molecule has 3 nitrogen and oxygen atoms in total. The van der Waals surface area contributed by atoms with Crippen molar-refractivity contribution in [3.05, 3.63) is 59.7 Å². The van der Waals surface area contributed by atoms with Crippen LogP contribution in [0.1, 0.15) is 24.1 Å². The third kappa shape index (κ3) is 3.93. The number of rotatable bonds is 5. The van der Waals surface area contributed by atoms with Crippen LogP contribution in [0.2, 0.25) is 0 Å². The molecule has 0 heterocycles. The number of alkyl halides is 2. The van der Waals surface area contributed by atoms with Crippen molar-refractivity contribution in [3.63, 3.8) is 0 Å². The van der Waals surface area contributed by atoms with Crippen molar-refractivity contribution < 1.29 is 13.5 Å². The van der Waals surface area contributed by atoms with Gasteiger partial charge in [-0.1, -0.05) is 18.2 Å². The number of ether oxygens (including phenoxy) is 1. The van der Waals surface area contributed by atoms with Gasteiger partial charge in [-0.3, -0.25) is 0 Å². The van der Waals surface area contributed by atoms with Crippen molar-refractivity contribution in [2.24, 2.45) is 0 Å². The highest BCUT2D eigenvalue weighted by Gasteiger charge is 2.14. The summed E-state index contributed by atoms with van der Waals surface area (Å²) in [6, 6.07) is 15.4. The van der Waals surface area contributed by atoms with E-state index in [1.165, 1.54) is 6.07 Å². The molecule has 1 atom stereocenters. The molecule has 5 heteroatoms. The number of anilines is 1. The Bertz CT molecular complexity index is 635. The minimum Gasteiger partial charge on any atom is -0.434 e. The summed E-state index contributed by atoms with van der Waals surface area (Å²) in [5.41, 5.74) is 2.00. The maximum absolute atomic E-state index is 12.4. The number of benzene rings is 2. The van der Waals surface area contributed by atoms with E-state index < -0.39 is 6.61 Å². The lowest BCUT2D eigenvalue weighted by molar-refractivity contribution is -0.0505. The zero-order valence-corrected chi connectivity index (χ0v) is 11.4. The standard InChI is InChI=1S/C16H14F2N2O/c1-11(20-13-8-6-12(10-19)7-9-13)14-4-2-3-5-15(14)21-16(17)18/h2-9,11,16,20H,1H3. The number of hydrogen-bond acceptors (Lipinski definition) is 3. The average Bonchev–Trinajstić information content (AvgIpc) is 2.48. The van der Waals surface area contributed by atoms with Gasteiger partial charge in [0, 0.05) is 11.3 Å². The second-order valence-electron chi connectivity index (χ2n) is 4.47. The van der Waals surface area contributed by atoms with E-state index >= 15 is 0 Å². The van der Waals surface area contributed by atoms with Gasteiger partial charge < -0.3 is 10.1 Å². The Morgan fingerprint density at radius 1 is 1.10 bits per heavy atom. The quantitative estimate of drug-likeness (QED) is 0.890. The van der Waals surface area contributed by atoms with Gasteiger partial charge in [-0.2, -0.15) is 14.0 Å². The van der Waals surface area contributed by atoms with Gasteiger partial charge in [0.1, 0.15) is 5.75 Å². The van der Waals surface area contributed by atoms with Gasteiger partial charge in [-0.15, -0.1) is 0 Å². The van der Waals surface area contributed by atoms with Gasteiger partial charge in [-0.05, 0) is 37.3 Å². The van der Waals surface area contributed by atoms with E-state index in [-0.39, 0.29) is 11.8 Å². The van der Waals surface area contributed by atoms with Gasteiger partial charge in [-0.25, -0.2) is 0 Å². The molecular weight excluding hydrogens is 274 g/mol. The normalized spacial score (nSPS) is 11.8. The molecule has 0 aromatic heterocycles. The summed E-state index contributed by atoms with van der Waals surface area (Å²) < 4.78 is 29.3. The SMILES string of the molecule is CC(Nc1ccc(C#N)cc1)c1ccccc1OC(F)F. The molecule has 108 valence electrons. The van der Waals surface area contributed by atoms with Crippen molar-refractivity contribution in [3.8, 4) is 11.8 Å². The van der Waals surface area contributed by atoms with Crippen molar-refractivity contribution in [2.45, 2.75) is 19.6 Å². The molecule has 2 aromatic rings. The zero-order chi connectivity index (χ0) is 15.2. The molecule has 2 rings (SSSR count). The van der Waals surface area contributed by atoms with Crippen LogP contribution in [0.25, 0.3) is 0 Å². The maximum atomic E-state index is 12.4. The van der Waals surface area contributed by atoms with Gasteiger partial charge in [0.25, 0.3) is 0 Å². The molecule has 0 amide bonds. The molecule has 0 spiro atoms. The zero-order valence-electron chi connectivity index (χ0n) is 11.4. The molecule has 0 aliphatic carbocycles. The Kier molecular flexibility index (Phi) is 4.72. The molecule has 0 saturated heterocycles. The molecule has 1 unspecified atom stereocenters. The van der Waals surface area contributed by atoms with E-state index in [0.29, 0.717) is 11.1 Å². The second-order valence-corrected chi connectivity index (χ2v) is 4.47. The molecule has 2 aromatic carbocycles. The first kappa shape index (κ1) is 14.8. The number of halogens is 2. The smallest absolute Gasteiger partial charge is 0.387 e. The lowest BCUT2D eigenvalue weighted by Crippen LogP contribution is -2.11. The Morgan fingerprint density at radius 3 is 2.38 bits per heavy atom. The number of hydrogen-bond donors (Lipinski definition) is 1. The highest BCUT2D eigenvalue weighted by molar-refractivity contribution is 5.50. The monoisotopic (exact) mass is 288 g/mol. The third-order valence-electron chi connectivity index (χ3n) is 3.00. The van der Waals surface area contributed by atoms with Crippen LogP contribution in [0.4, 0.5) is 14.5 Å². The first-order valence-electron chi connectivity index (χ1n) is 6.40. The highest BCUT2D eigenvalue weighted by Crippen LogP contribution is 2.28. The van der Waals surface area contributed by atoms with Crippen molar-refractivity contribution in [1.29, 1.82) is 5.26 Å². The summed E-state index contributed by atoms with van der Waals surface area (Å²) in [4.78, 5) is 0. The first-order chi connectivity index (χ1) is 10.1. The summed E-state index contributed by atoms with van der Waals surface area (Å²) in [6.45, 7) is -1.00. The fourth-order valence-electron chi connectivity index (χ4n) is 2.01. The van der Waals surface area contributed by atoms with Crippen LogP contribution in [0.5, 0.6) is 5.75 Å². The van der Waals surface area contributed by atoms with Crippen LogP contribution >= 0.6 is 0 Å². The van der Waals surface area contributed by atoms with Gasteiger partial charge in [0.2, 0.25) is 0 Å². The molecule has 21 heavy (non-hydrogen) atoms. The number of nitrogens with zero attached hydrogens (tertiary/aromatic N) is 1. The van der Waals surface area contributed by atoms with Gasteiger partial charge in [0.05, 0.1) is 17.7 Å². The molecule has 0 radical (unpaired) electrons. The van der Waals surface area contributed by atoms with E-state index in [2.05, 4.69) is 10.1 Å². The van der Waals surface area contributed by atoms with Crippen LogP contribution in [-0.4, -0.2) is 6.61 Å². The largest absolute Gasteiger partial charge is 0.434 e. The molecule has 1 N–H and O–H groups in total. The minimum atomic E-state index is -2.85. The lowest BCUT2D eigenvalue weighted by atomic mass is 10.1. The molecule has 0 saturated carbocycles. The molecule has 0 aliphatic rings. The number of nitriles is 1. The Hall–Kier alpha value is -2.61. The van der Waals surface area contributed by atoms with E-state index in [9.17, 15) is 8.78 Å². The topological polar surface area (TPSA) is 45.0 Å². The maximum Gasteiger partial charge on any atom is 0.387 e. The second kappa shape index (κ2) is 6.71. The number of nitrogens with one attached hydrogen (secondary N) is 1. The molecule has 0 fully saturated rings. The third-order valence-corrected chi connectivity index (χ3v) is 3.00. The molecule has 0 bridgehead atoms. The summed E-state index contributed by atoms with van der Waals surface area (Å²) in [5.74, 6) is 0.154.